The molecule has 5 nitrogen and oxygen atoms in total. The van der Waals surface area contributed by atoms with Crippen molar-refractivity contribution in [3.63, 3.8) is 0 Å². The van der Waals surface area contributed by atoms with Gasteiger partial charge in [0.05, 0.1) is 11.9 Å². The van der Waals surface area contributed by atoms with E-state index in [9.17, 15) is 4.39 Å². The van der Waals surface area contributed by atoms with Crippen molar-refractivity contribution in [1.29, 1.82) is 0 Å². The van der Waals surface area contributed by atoms with E-state index in [1.54, 1.807) is 18.3 Å². The Morgan fingerprint density at radius 2 is 1.96 bits per heavy atom. The standard InChI is InChI=1S/C21H20FN5/c1-3-16-5-6-17(12-23-16)26-19-7-4-14(20(22)27-19)9-15-11-25-21-18(15)8-13(2)10-24-21/h4-8,10-12H,3,9H2,1-2H3,(H,24,25)(H,26,27). The molecular formula is C21H20FN5. The van der Waals surface area contributed by atoms with E-state index >= 15 is 0 Å². The van der Waals surface area contributed by atoms with Crippen LogP contribution in [0.1, 0.15) is 29.3 Å². The number of aryl methyl sites for hydroxylation is 2. The normalized spacial score (nSPS) is 11.1. The molecule has 0 saturated heterocycles. The summed E-state index contributed by atoms with van der Waals surface area (Å²) < 4.78 is 14.6. The van der Waals surface area contributed by atoms with Gasteiger partial charge in [0.1, 0.15) is 11.5 Å². The maximum Gasteiger partial charge on any atom is 0.218 e. The third-order valence-electron chi connectivity index (χ3n) is 4.52. The highest BCUT2D eigenvalue weighted by Crippen LogP contribution is 2.23. The van der Waals surface area contributed by atoms with Gasteiger partial charge in [-0.1, -0.05) is 13.0 Å². The molecule has 0 aliphatic rings. The summed E-state index contributed by atoms with van der Waals surface area (Å²) in [5, 5.41) is 4.10. The largest absolute Gasteiger partial charge is 0.346 e. The highest BCUT2D eigenvalue weighted by Gasteiger charge is 2.11. The van der Waals surface area contributed by atoms with Gasteiger partial charge >= 0.3 is 0 Å². The molecule has 0 aliphatic carbocycles. The summed E-state index contributed by atoms with van der Waals surface area (Å²) in [5.41, 5.74) is 5.22. The zero-order chi connectivity index (χ0) is 18.8. The van der Waals surface area contributed by atoms with Crippen molar-refractivity contribution in [1.82, 2.24) is 19.9 Å². The van der Waals surface area contributed by atoms with Crippen LogP contribution in [0.2, 0.25) is 0 Å². The van der Waals surface area contributed by atoms with Gasteiger partial charge in [-0.25, -0.2) is 9.97 Å². The Balaban J connectivity index is 1.55. The number of aromatic nitrogens is 4. The maximum absolute atomic E-state index is 14.6. The van der Waals surface area contributed by atoms with E-state index < -0.39 is 5.95 Å². The fraction of sp³-hybridized carbons (Fsp3) is 0.190. The molecule has 27 heavy (non-hydrogen) atoms. The molecule has 0 aliphatic heterocycles. The number of rotatable bonds is 5. The Bertz CT molecular complexity index is 1090. The van der Waals surface area contributed by atoms with Crippen molar-refractivity contribution in [2.45, 2.75) is 26.7 Å². The monoisotopic (exact) mass is 361 g/mol. The van der Waals surface area contributed by atoms with Crippen LogP contribution in [0.5, 0.6) is 0 Å². The highest BCUT2D eigenvalue weighted by atomic mass is 19.1. The minimum atomic E-state index is -0.479. The van der Waals surface area contributed by atoms with Crippen LogP contribution in [0.25, 0.3) is 11.0 Å². The molecule has 4 aromatic heterocycles. The number of nitrogens with zero attached hydrogens (tertiary/aromatic N) is 3. The van der Waals surface area contributed by atoms with Crippen LogP contribution >= 0.6 is 0 Å². The van der Waals surface area contributed by atoms with Gasteiger partial charge in [0, 0.05) is 35.5 Å². The first-order chi connectivity index (χ1) is 13.1. The molecule has 4 aromatic rings. The van der Waals surface area contributed by atoms with Gasteiger partial charge in [0.2, 0.25) is 5.95 Å². The number of halogens is 1. The van der Waals surface area contributed by atoms with E-state index in [1.165, 1.54) is 0 Å². The summed E-state index contributed by atoms with van der Waals surface area (Å²) in [7, 11) is 0. The first-order valence-electron chi connectivity index (χ1n) is 8.92. The van der Waals surface area contributed by atoms with Gasteiger partial charge in [0.25, 0.3) is 0 Å². The smallest absolute Gasteiger partial charge is 0.218 e. The maximum atomic E-state index is 14.6. The SMILES string of the molecule is CCc1ccc(Nc2ccc(Cc3c[nH]c4ncc(C)cc34)c(F)n2)cn1. The molecule has 6 heteroatoms. The van der Waals surface area contributed by atoms with E-state index in [0.29, 0.717) is 17.8 Å². The van der Waals surface area contributed by atoms with Gasteiger partial charge in [-0.05, 0) is 48.7 Å². The molecule has 0 saturated carbocycles. The summed E-state index contributed by atoms with van der Waals surface area (Å²) in [6.07, 6.45) is 6.76. The molecule has 2 N–H and O–H groups in total. The molecule has 0 radical (unpaired) electrons. The summed E-state index contributed by atoms with van der Waals surface area (Å²) >= 11 is 0. The lowest BCUT2D eigenvalue weighted by atomic mass is 10.1. The molecule has 136 valence electrons. The number of hydrogen-bond donors (Lipinski definition) is 2. The third kappa shape index (κ3) is 3.65. The average Bonchev–Trinajstić information content (AvgIpc) is 3.06. The predicted molar refractivity (Wildman–Crippen MR) is 105 cm³/mol. The summed E-state index contributed by atoms with van der Waals surface area (Å²) in [6.45, 7) is 4.05. The minimum Gasteiger partial charge on any atom is -0.346 e. The summed E-state index contributed by atoms with van der Waals surface area (Å²) in [6, 6.07) is 9.47. The number of hydrogen-bond acceptors (Lipinski definition) is 4. The molecule has 0 aromatic carbocycles. The number of H-pyrrole nitrogens is 1. The summed E-state index contributed by atoms with van der Waals surface area (Å²) in [5.74, 6) is -0.0214. The van der Waals surface area contributed by atoms with Crippen LogP contribution in [-0.2, 0) is 12.8 Å². The lowest BCUT2D eigenvalue weighted by molar-refractivity contribution is 0.572. The Morgan fingerprint density at radius 1 is 1.07 bits per heavy atom. The van der Waals surface area contributed by atoms with E-state index in [2.05, 4.69) is 38.2 Å². The average molecular weight is 361 g/mol. The molecule has 0 unspecified atom stereocenters. The molecular weight excluding hydrogens is 341 g/mol. The number of aromatic amines is 1. The molecule has 0 fully saturated rings. The number of nitrogens with one attached hydrogen (secondary N) is 2. The lowest BCUT2D eigenvalue weighted by Crippen LogP contribution is -2.00. The zero-order valence-corrected chi connectivity index (χ0v) is 15.3. The van der Waals surface area contributed by atoms with Gasteiger partial charge in [-0.3, -0.25) is 4.98 Å². The van der Waals surface area contributed by atoms with Crippen LogP contribution in [0, 0.1) is 12.9 Å². The molecule has 4 heterocycles. The Hall–Kier alpha value is -3.28. The van der Waals surface area contributed by atoms with Gasteiger partial charge < -0.3 is 10.3 Å². The van der Waals surface area contributed by atoms with E-state index in [4.69, 9.17) is 0 Å². The Labute approximate surface area is 156 Å². The van der Waals surface area contributed by atoms with Gasteiger partial charge in [-0.2, -0.15) is 4.39 Å². The molecule has 0 atom stereocenters. The number of anilines is 2. The van der Waals surface area contributed by atoms with Crippen molar-refractivity contribution < 1.29 is 4.39 Å². The van der Waals surface area contributed by atoms with Crippen molar-refractivity contribution in [2.75, 3.05) is 5.32 Å². The Kier molecular flexibility index (Phi) is 4.54. The first kappa shape index (κ1) is 17.1. The second-order valence-corrected chi connectivity index (χ2v) is 6.56. The van der Waals surface area contributed by atoms with Crippen molar-refractivity contribution >= 4 is 22.5 Å². The van der Waals surface area contributed by atoms with Crippen molar-refractivity contribution in [2.24, 2.45) is 0 Å². The van der Waals surface area contributed by atoms with Crippen LogP contribution in [0.15, 0.2) is 48.9 Å². The number of fused-ring (bicyclic) bond motifs is 1. The predicted octanol–water partition coefficient (Wildman–Crippen LogP) is 4.70. The van der Waals surface area contributed by atoms with Crippen LogP contribution < -0.4 is 5.32 Å². The highest BCUT2D eigenvalue weighted by molar-refractivity contribution is 5.80. The fourth-order valence-corrected chi connectivity index (χ4v) is 3.03. The van der Waals surface area contributed by atoms with Crippen molar-refractivity contribution in [3.8, 4) is 0 Å². The quantitative estimate of drug-likeness (QED) is 0.506. The molecule has 0 amide bonds. The minimum absolute atomic E-state index is 0.455. The second kappa shape index (κ2) is 7.15. The van der Waals surface area contributed by atoms with Gasteiger partial charge in [0.15, 0.2) is 0 Å². The molecule has 4 rings (SSSR count). The molecule has 0 spiro atoms. The van der Waals surface area contributed by atoms with Crippen molar-refractivity contribution in [3.05, 3.63) is 77.3 Å². The fourth-order valence-electron chi connectivity index (χ4n) is 3.03. The number of pyridine rings is 3. The van der Waals surface area contributed by atoms with Gasteiger partial charge in [-0.15, -0.1) is 0 Å². The second-order valence-electron chi connectivity index (χ2n) is 6.56. The van der Waals surface area contributed by atoms with E-state index in [1.807, 2.05) is 31.5 Å². The molecule has 0 bridgehead atoms. The third-order valence-corrected chi connectivity index (χ3v) is 4.52. The van der Waals surface area contributed by atoms with E-state index in [0.717, 1.165) is 40.0 Å². The van der Waals surface area contributed by atoms with E-state index in [-0.39, 0.29) is 0 Å². The Morgan fingerprint density at radius 3 is 2.70 bits per heavy atom. The van der Waals surface area contributed by atoms with Crippen LogP contribution in [0.4, 0.5) is 15.9 Å². The lowest BCUT2D eigenvalue weighted by Gasteiger charge is -2.08. The van der Waals surface area contributed by atoms with Crippen LogP contribution in [-0.4, -0.2) is 19.9 Å². The first-order valence-corrected chi connectivity index (χ1v) is 8.92. The summed E-state index contributed by atoms with van der Waals surface area (Å²) in [4.78, 5) is 15.9. The topological polar surface area (TPSA) is 66.5 Å². The zero-order valence-electron chi connectivity index (χ0n) is 15.3. The van der Waals surface area contributed by atoms with Crippen LogP contribution in [0.3, 0.4) is 0 Å².